The van der Waals surface area contributed by atoms with Crippen LogP contribution in [0.1, 0.15) is 44.8 Å². The second-order valence-electron chi connectivity index (χ2n) is 12.8. The van der Waals surface area contributed by atoms with Gasteiger partial charge in [0.25, 0.3) is 0 Å². The summed E-state index contributed by atoms with van der Waals surface area (Å²) < 4.78 is 0. The molecule has 0 bridgehead atoms. The molecule has 0 saturated heterocycles. The van der Waals surface area contributed by atoms with E-state index in [4.69, 9.17) is 0 Å². The second kappa shape index (κ2) is 13.6. The number of nitrogens with one attached hydrogen (secondary N) is 2. The summed E-state index contributed by atoms with van der Waals surface area (Å²) in [4.78, 5) is 18.6. The number of pyridine rings is 4. The molecule has 0 unspecified atom stereocenters. The lowest BCUT2D eigenvalue weighted by Crippen LogP contribution is -2.30. The van der Waals surface area contributed by atoms with Gasteiger partial charge in [-0.25, -0.2) is 0 Å². The van der Waals surface area contributed by atoms with Crippen LogP contribution in [0.15, 0.2) is 145 Å². The smallest absolute Gasteiger partial charge is 0.109 e. The molecule has 2 N–H and O–H groups in total. The van der Waals surface area contributed by atoms with E-state index in [1.165, 1.54) is 16.0 Å². The van der Waals surface area contributed by atoms with Crippen LogP contribution in [0.4, 0.5) is 0 Å². The maximum atomic E-state index is 4.60. The van der Waals surface area contributed by atoms with Crippen molar-refractivity contribution in [1.29, 1.82) is 0 Å². The number of nitrogens with zero attached hydrogens (tertiary/aromatic N) is 6. The summed E-state index contributed by atoms with van der Waals surface area (Å²) in [5.41, 5.74) is 11.9. The lowest BCUT2D eigenvalue weighted by molar-refractivity contribution is 0.615. The summed E-state index contributed by atoms with van der Waals surface area (Å²) in [6, 6.07) is 22.7. The van der Waals surface area contributed by atoms with Gasteiger partial charge in [0, 0.05) is 107 Å². The van der Waals surface area contributed by atoms with Crippen LogP contribution in [0, 0.1) is 0 Å². The molecule has 0 saturated carbocycles. The molecule has 0 radical (unpaired) electrons. The van der Waals surface area contributed by atoms with E-state index in [1.807, 2.05) is 73.8 Å². The molecule has 0 atom stereocenters. The predicted molar refractivity (Wildman–Crippen MR) is 208 cm³/mol. The Morgan fingerprint density at radius 2 is 1.04 bits per heavy atom. The van der Waals surface area contributed by atoms with Gasteiger partial charge in [-0.05, 0) is 69.4 Å². The third-order valence-electron chi connectivity index (χ3n) is 10.0. The van der Waals surface area contributed by atoms with Gasteiger partial charge in [0.15, 0.2) is 0 Å². The van der Waals surface area contributed by atoms with Gasteiger partial charge >= 0.3 is 0 Å². The van der Waals surface area contributed by atoms with Gasteiger partial charge in [0.2, 0.25) is 0 Å². The number of hydrogen-bond donors (Lipinski definition) is 2. The van der Waals surface area contributed by atoms with Crippen molar-refractivity contribution in [2.45, 2.75) is 23.7 Å². The molecule has 10 heteroatoms. The molecule has 0 spiro atoms. The van der Waals surface area contributed by atoms with Crippen molar-refractivity contribution in [3.05, 3.63) is 189 Å². The van der Waals surface area contributed by atoms with Crippen LogP contribution >= 0.6 is 22.7 Å². The van der Waals surface area contributed by atoms with Crippen molar-refractivity contribution in [2.24, 2.45) is 0 Å². The standard InChI is InChI=1S/2C21H16N4S/c1-4-15(13-22-9-1)21(16-5-2-10-23-14-16)8-7-17-18(12-21)24-25-20(17)19-6-3-11-26-19;1-3-16(12-22-8-1)21(17-4-2-9-23-13-17)7-5-18-19(11-21)24-25-20(18)15-6-10-26-14-15/h1-11,13-14H,12H2,(H,24,25);1-10,12-14H,11H2,(H,24,25). The van der Waals surface area contributed by atoms with E-state index in [0.717, 1.165) is 63.4 Å². The first-order valence-electron chi connectivity index (χ1n) is 16.9. The predicted octanol–water partition coefficient (Wildman–Crippen LogP) is 8.97. The van der Waals surface area contributed by atoms with Crippen molar-refractivity contribution < 1.29 is 0 Å². The zero-order valence-electron chi connectivity index (χ0n) is 27.9. The molecule has 252 valence electrons. The Balaban J connectivity index is 0.000000138. The minimum Gasteiger partial charge on any atom is -0.281 e. The largest absolute Gasteiger partial charge is 0.281 e. The Morgan fingerprint density at radius 3 is 1.46 bits per heavy atom. The van der Waals surface area contributed by atoms with E-state index in [9.17, 15) is 0 Å². The molecule has 52 heavy (non-hydrogen) atoms. The molecule has 0 aliphatic heterocycles. The Kier molecular flexibility index (Phi) is 8.30. The number of aromatic nitrogens is 8. The number of rotatable bonds is 6. The zero-order valence-corrected chi connectivity index (χ0v) is 29.6. The van der Waals surface area contributed by atoms with Crippen molar-refractivity contribution in [3.63, 3.8) is 0 Å². The highest BCUT2D eigenvalue weighted by Crippen LogP contribution is 2.44. The molecule has 8 nitrogen and oxygen atoms in total. The van der Waals surface area contributed by atoms with E-state index in [0.29, 0.717) is 0 Å². The van der Waals surface area contributed by atoms with Gasteiger partial charge in [-0.2, -0.15) is 21.5 Å². The molecule has 8 heterocycles. The van der Waals surface area contributed by atoms with Crippen LogP contribution in [-0.4, -0.2) is 40.3 Å². The Hall–Kier alpha value is -6.10. The van der Waals surface area contributed by atoms with E-state index in [-0.39, 0.29) is 10.8 Å². The normalized spacial score (nSPS) is 14.9. The molecule has 0 amide bonds. The van der Waals surface area contributed by atoms with Crippen LogP contribution in [0.2, 0.25) is 0 Å². The maximum absolute atomic E-state index is 4.60. The first-order chi connectivity index (χ1) is 25.7. The summed E-state index contributed by atoms with van der Waals surface area (Å²) in [5.74, 6) is 0. The van der Waals surface area contributed by atoms with Crippen molar-refractivity contribution >= 4 is 34.8 Å². The molecule has 0 aromatic carbocycles. The molecule has 2 aliphatic carbocycles. The first kappa shape index (κ1) is 31.9. The lowest BCUT2D eigenvalue weighted by atomic mass is 9.69. The topological polar surface area (TPSA) is 109 Å². The van der Waals surface area contributed by atoms with Gasteiger partial charge < -0.3 is 0 Å². The van der Waals surface area contributed by atoms with Gasteiger partial charge in [0.05, 0.1) is 4.88 Å². The number of allylic oxidation sites excluding steroid dienone is 2. The first-order valence-corrected chi connectivity index (χ1v) is 18.8. The molecular formula is C42H32N8S2. The minimum atomic E-state index is -0.298. The molecular weight excluding hydrogens is 681 g/mol. The molecule has 0 fully saturated rings. The highest BCUT2D eigenvalue weighted by atomic mass is 32.1. The van der Waals surface area contributed by atoms with Crippen LogP contribution < -0.4 is 0 Å². The SMILES string of the molecule is C1=CC(c2cccnc2)(c2cccnc2)Cc2[nH]nc(-c3cccs3)c21.C1=CC(c2cccnc2)(c2cccnc2)Cc2[nH]nc(-c3ccsc3)c21. The fourth-order valence-corrected chi connectivity index (χ4v) is 8.75. The van der Waals surface area contributed by atoms with Crippen molar-refractivity contribution in [1.82, 2.24) is 40.3 Å². The Bertz CT molecular complexity index is 2200. The average molecular weight is 713 g/mol. The molecule has 8 aromatic rings. The van der Waals surface area contributed by atoms with Crippen LogP contribution in [0.5, 0.6) is 0 Å². The van der Waals surface area contributed by atoms with Gasteiger partial charge in [0.1, 0.15) is 11.4 Å². The summed E-state index contributed by atoms with van der Waals surface area (Å²) >= 11 is 3.40. The van der Waals surface area contributed by atoms with E-state index < -0.39 is 0 Å². The number of aromatic amines is 2. The van der Waals surface area contributed by atoms with E-state index >= 15 is 0 Å². The second-order valence-corrected chi connectivity index (χ2v) is 14.6. The molecule has 8 aromatic heterocycles. The molecule has 10 rings (SSSR count). The average Bonchev–Trinajstić information content (AvgIpc) is 4.07. The van der Waals surface area contributed by atoms with Gasteiger partial charge in [-0.3, -0.25) is 30.1 Å². The summed E-state index contributed by atoms with van der Waals surface area (Å²) in [7, 11) is 0. The third kappa shape index (κ3) is 5.62. The number of hydrogen-bond acceptors (Lipinski definition) is 8. The summed E-state index contributed by atoms with van der Waals surface area (Å²) in [5, 5.41) is 22.0. The number of thiophene rings is 2. The van der Waals surface area contributed by atoms with E-state index in [2.05, 4.69) is 123 Å². The highest BCUT2D eigenvalue weighted by molar-refractivity contribution is 7.13. The summed E-state index contributed by atoms with van der Waals surface area (Å²) in [6.45, 7) is 0. The zero-order chi connectivity index (χ0) is 34.8. The Labute approximate surface area is 308 Å². The summed E-state index contributed by atoms with van der Waals surface area (Å²) in [6.07, 6.45) is 25.5. The van der Waals surface area contributed by atoms with Crippen molar-refractivity contribution in [3.8, 4) is 21.8 Å². The number of H-pyrrole nitrogens is 2. The van der Waals surface area contributed by atoms with Crippen LogP contribution in [0.3, 0.4) is 0 Å². The van der Waals surface area contributed by atoms with Gasteiger partial charge in [-0.15, -0.1) is 11.3 Å². The molecule has 2 aliphatic rings. The Morgan fingerprint density at radius 1 is 0.538 bits per heavy atom. The lowest BCUT2D eigenvalue weighted by Gasteiger charge is -2.33. The monoisotopic (exact) mass is 712 g/mol. The van der Waals surface area contributed by atoms with E-state index in [1.54, 1.807) is 22.7 Å². The maximum Gasteiger partial charge on any atom is 0.109 e. The van der Waals surface area contributed by atoms with Crippen LogP contribution in [-0.2, 0) is 23.7 Å². The minimum absolute atomic E-state index is 0.297. The van der Waals surface area contributed by atoms with Gasteiger partial charge in [-0.1, -0.05) is 54.6 Å². The van der Waals surface area contributed by atoms with Crippen molar-refractivity contribution in [2.75, 3.05) is 0 Å². The fourth-order valence-electron chi connectivity index (χ4n) is 7.38. The van der Waals surface area contributed by atoms with Crippen LogP contribution in [0.25, 0.3) is 34.0 Å². The number of fused-ring (bicyclic) bond motifs is 2. The fraction of sp³-hybridized carbons (Fsp3) is 0.0952. The quantitative estimate of drug-likeness (QED) is 0.178. The third-order valence-corrected chi connectivity index (χ3v) is 11.6. The highest BCUT2D eigenvalue weighted by Gasteiger charge is 2.38.